The minimum atomic E-state index is -0.640. The van der Waals surface area contributed by atoms with Crippen LogP contribution < -0.4 is 11.2 Å². The van der Waals surface area contributed by atoms with Crippen LogP contribution in [0.4, 0.5) is 0 Å². The molecule has 20 heavy (non-hydrogen) atoms. The summed E-state index contributed by atoms with van der Waals surface area (Å²) < 4.78 is 12.6. The van der Waals surface area contributed by atoms with Gasteiger partial charge in [0, 0.05) is 31.7 Å². The van der Waals surface area contributed by atoms with E-state index in [-0.39, 0.29) is 12.0 Å². The molecule has 1 fully saturated rings. The van der Waals surface area contributed by atoms with Crippen LogP contribution in [0, 0.1) is 5.92 Å². The second-order valence-electron chi connectivity index (χ2n) is 4.76. The number of hydrogen-bond acceptors (Lipinski definition) is 5. The first-order valence-corrected chi connectivity index (χ1v) is 6.55. The average molecular weight is 282 g/mol. The molecule has 1 saturated heterocycles. The van der Waals surface area contributed by atoms with E-state index in [1.54, 1.807) is 0 Å². The number of hydrogen-bond donors (Lipinski definition) is 1. The Kier molecular flexibility index (Phi) is 4.51. The third kappa shape index (κ3) is 2.59. The second-order valence-corrected chi connectivity index (χ2v) is 4.76. The van der Waals surface area contributed by atoms with Crippen molar-refractivity contribution in [3.05, 3.63) is 33.1 Å². The van der Waals surface area contributed by atoms with Gasteiger partial charge in [0.15, 0.2) is 6.23 Å². The summed E-state index contributed by atoms with van der Waals surface area (Å²) in [5, 5.41) is 0. The summed E-state index contributed by atoms with van der Waals surface area (Å²) in [6.45, 7) is 1.95. The van der Waals surface area contributed by atoms with Crippen molar-refractivity contribution in [2.75, 3.05) is 7.11 Å². The molecule has 1 unspecified atom stereocenters. The number of aromatic nitrogens is 2. The number of H-pyrrole nitrogens is 1. The SMILES string of the molecule is CC[C@H]1O[C@@H](n2ccc(=O)[nH]c2=O)[C@@H](OC)C1CC=O. The van der Waals surface area contributed by atoms with E-state index in [0.717, 1.165) is 6.29 Å². The predicted molar refractivity (Wildman–Crippen MR) is 70.5 cm³/mol. The molecule has 0 aliphatic carbocycles. The average Bonchev–Trinajstić information content (AvgIpc) is 2.77. The summed E-state index contributed by atoms with van der Waals surface area (Å²) in [7, 11) is 1.52. The molecule has 1 aliphatic heterocycles. The number of carbonyl (C=O) groups is 1. The Morgan fingerprint density at radius 2 is 2.25 bits per heavy atom. The maximum absolute atomic E-state index is 11.9. The van der Waals surface area contributed by atoms with Crippen molar-refractivity contribution in [3.63, 3.8) is 0 Å². The lowest BCUT2D eigenvalue weighted by Crippen LogP contribution is -2.37. The molecule has 110 valence electrons. The third-order valence-corrected chi connectivity index (χ3v) is 3.66. The highest BCUT2D eigenvalue weighted by atomic mass is 16.6. The van der Waals surface area contributed by atoms with Gasteiger partial charge in [0.1, 0.15) is 12.4 Å². The molecule has 1 aliphatic rings. The van der Waals surface area contributed by atoms with Gasteiger partial charge in [-0.1, -0.05) is 6.92 Å². The van der Waals surface area contributed by atoms with Crippen LogP contribution in [0.1, 0.15) is 26.0 Å². The van der Waals surface area contributed by atoms with E-state index in [9.17, 15) is 14.4 Å². The van der Waals surface area contributed by atoms with E-state index < -0.39 is 23.6 Å². The molecule has 1 N–H and O–H groups in total. The van der Waals surface area contributed by atoms with Crippen LogP contribution in [0.15, 0.2) is 21.9 Å². The van der Waals surface area contributed by atoms with Gasteiger partial charge in [0.05, 0.1) is 6.10 Å². The van der Waals surface area contributed by atoms with Crippen molar-refractivity contribution in [3.8, 4) is 0 Å². The fourth-order valence-electron chi connectivity index (χ4n) is 2.72. The zero-order valence-corrected chi connectivity index (χ0v) is 11.4. The molecular weight excluding hydrogens is 264 g/mol. The Balaban J connectivity index is 2.38. The molecule has 0 amide bonds. The first-order valence-electron chi connectivity index (χ1n) is 6.55. The van der Waals surface area contributed by atoms with Crippen LogP contribution in [-0.2, 0) is 14.3 Å². The molecule has 0 bridgehead atoms. The molecular formula is C13H18N2O5. The lowest BCUT2D eigenvalue weighted by atomic mass is 9.93. The van der Waals surface area contributed by atoms with Gasteiger partial charge in [0.25, 0.3) is 5.56 Å². The zero-order chi connectivity index (χ0) is 14.7. The van der Waals surface area contributed by atoms with Crippen molar-refractivity contribution in [2.45, 2.75) is 38.2 Å². The largest absolute Gasteiger partial charge is 0.376 e. The molecule has 4 atom stereocenters. The van der Waals surface area contributed by atoms with Crippen LogP contribution in [-0.4, -0.2) is 35.2 Å². The maximum atomic E-state index is 11.9. The van der Waals surface area contributed by atoms with E-state index >= 15 is 0 Å². The summed E-state index contributed by atoms with van der Waals surface area (Å²) >= 11 is 0. The van der Waals surface area contributed by atoms with Crippen LogP contribution in [0.25, 0.3) is 0 Å². The quantitative estimate of drug-likeness (QED) is 0.771. The monoisotopic (exact) mass is 282 g/mol. The first-order chi connectivity index (χ1) is 9.62. The van der Waals surface area contributed by atoms with Crippen LogP contribution in [0.3, 0.4) is 0 Å². The Labute approximate surface area is 115 Å². The number of carbonyl (C=O) groups excluding carboxylic acids is 1. The van der Waals surface area contributed by atoms with E-state index in [2.05, 4.69) is 4.98 Å². The fourth-order valence-corrected chi connectivity index (χ4v) is 2.72. The summed E-state index contributed by atoms with van der Waals surface area (Å²) in [6, 6.07) is 1.26. The van der Waals surface area contributed by atoms with E-state index in [1.807, 2.05) is 6.92 Å². The Bertz CT molecular complexity index is 579. The molecule has 0 radical (unpaired) electrons. The highest BCUT2D eigenvalue weighted by Gasteiger charge is 2.44. The van der Waals surface area contributed by atoms with Crippen LogP contribution >= 0.6 is 0 Å². The minimum Gasteiger partial charge on any atom is -0.376 e. The number of ether oxygens (including phenoxy) is 2. The van der Waals surface area contributed by atoms with Crippen molar-refractivity contribution in [1.82, 2.24) is 9.55 Å². The van der Waals surface area contributed by atoms with E-state index in [0.29, 0.717) is 12.8 Å². The van der Waals surface area contributed by atoms with Gasteiger partial charge in [-0.15, -0.1) is 0 Å². The number of nitrogens with zero attached hydrogens (tertiary/aromatic N) is 1. The van der Waals surface area contributed by atoms with E-state index in [1.165, 1.54) is 23.9 Å². The van der Waals surface area contributed by atoms with Gasteiger partial charge in [-0.3, -0.25) is 14.3 Å². The van der Waals surface area contributed by atoms with Crippen LogP contribution in [0.2, 0.25) is 0 Å². The Morgan fingerprint density at radius 1 is 1.50 bits per heavy atom. The number of aldehydes is 1. The highest BCUT2D eigenvalue weighted by molar-refractivity contribution is 5.50. The van der Waals surface area contributed by atoms with E-state index in [4.69, 9.17) is 9.47 Å². The number of nitrogens with one attached hydrogen (secondary N) is 1. The molecule has 0 saturated carbocycles. The van der Waals surface area contributed by atoms with Gasteiger partial charge >= 0.3 is 5.69 Å². The molecule has 7 heteroatoms. The van der Waals surface area contributed by atoms with Gasteiger partial charge in [-0.25, -0.2) is 4.79 Å². The maximum Gasteiger partial charge on any atom is 0.330 e. The number of aromatic amines is 1. The summed E-state index contributed by atoms with van der Waals surface area (Å²) in [4.78, 5) is 36.0. The molecule has 0 aromatic carbocycles. The van der Waals surface area contributed by atoms with Gasteiger partial charge in [0.2, 0.25) is 0 Å². The zero-order valence-electron chi connectivity index (χ0n) is 11.4. The summed E-state index contributed by atoms with van der Waals surface area (Å²) in [5.74, 6) is -0.105. The number of rotatable bonds is 5. The molecule has 1 aromatic heterocycles. The minimum absolute atomic E-state index is 0.105. The van der Waals surface area contributed by atoms with Crippen molar-refractivity contribution in [2.24, 2.45) is 5.92 Å². The Hall–Kier alpha value is -1.73. The third-order valence-electron chi connectivity index (χ3n) is 3.66. The molecule has 2 rings (SSSR count). The van der Waals surface area contributed by atoms with Gasteiger partial charge in [-0.2, -0.15) is 0 Å². The standard InChI is InChI=1S/C13H18N2O5/c1-3-9-8(5-7-16)11(19-2)12(20-9)15-6-4-10(17)14-13(15)18/h4,6-9,11-12H,3,5H2,1-2H3,(H,14,17,18)/t8?,9-,11+,12-/m1/s1. The lowest BCUT2D eigenvalue weighted by Gasteiger charge is -2.21. The number of methoxy groups -OCH3 is 1. The lowest BCUT2D eigenvalue weighted by molar-refractivity contribution is -0.109. The molecule has 0 spiro atoms. The molecule has 7 nitrogen and oxygen atoms in total. The first kappa shape index (κ1) is 14.7. The van der Waals surface area contributed by atoms with Crippen molar-refractivity contribution < 1.29 is 14.3 Å². The second kappa shape index (κ2) is 6.15. The van der Waals surface area contributed by atoms with Crippen molar-refractivity contribution >= 4 is 6.29 Å². The summed E-state index contributed by atoms with van der Waals surface area (Å²) in [5.41, 5.74) is -1.01. The summed E-state index contributed by atoms with van der Waals surface area (Å²) in [6.07, 6.45) is 2.04. The molecule has 1 aromatic rings. The predicted octanol–water partition coefficient (Wildman–Crippen LogP) is 0.0642. The normalized spacial score (nSPS) is 29.5. The highest BCUT2D eigenvalue weighted by Crippen LogP contribution is 2.37. The smallest absolute Gasteiger partial charge is 0.330 e. The molecule has 2 heterocycles. The fraction of sp³-hybridized carbons (Fsp3) is 0.615. The topological polar surface area (TPSA) is 90.4 Å². The van der Waals surface area contributed by atoms with Crippen molar-refractivity contribution in [1.29, 1.82) is 0 Å². The van der Waals surface area contributed by atoms with Crippen LogP contribution in [0.5, 0.6) is 0 Å². The van der Waals surface area contributed by atoms with Gasteiger partial charge in [-0.05, 0) is 6.42 Å². The van der Waals surface area contributed by atoms with Gasteiger partial charge < -0.3 is 14.3 Å². The Morgan fingerprint density at radius 3 is 2.80 bits per heavy atom.